The monoisotopic (exact) mass is 514 g/mol. The molecule has 0 bridgehead atoms. The second-order valence-corrected chi connectivity index (χ2v) is 9.54. The van der Waals surface area contributed by atoms with E-state index < -0.39 is 5.82 Å². The van der Waals surface area contributed by atoms with Crippen molar-refractivity contribution in [2.24, 2.45) is 0 Å². The molecule has 0 aliphatic carbocycles. The normalized spacial score (nSPS) is 14.4. The van der Waals surface area contributed by atoms with E-state index in [-0.39, 0.29) is 5.91 Å². The summed E-state index contributed by atoms with van der Waals surface area (Å²) in [5.74, 6) is -0.435. The quantitative estimate of drug-likeness (QED) is 0.352. The lowest BCUT2D eigenvalue weighted by Gasteiger charge is -2.34. The number of pyridine rings is 1. The fourth-order valence-corrected chi connectivity index (χ4v) is 4.97. The Bertz CT molecular complexity index is 1560. The number of nitrogens with zero attached hydrogens (tertiary/aromatic N) is 5. The first-order chi connectivity index (χ1) is 18.1. The van der Waals surface area contributed by atoms with Gasteiger partial charge in [0.05, 0.1) is 23.1 Å². The molecule has 0 atom stereocenters. The lowest BCUT2D eigenvalue weighted by molar-refractivity contribution is 0.0627. The van der Waals surface area contributed by atoms with Crippen molar-refractivity contribution in [3.63, 3.8) is 0 Å². The molecular formula is C28H24ClFN6O. The van der Waals surface area contributed by atoms with Crippen LogP contribution in [0.1, 0.15) is 16.1 Å². The van der Waals surface area contributed by atoms with Crippen molar-refractivity contribution in [1.82, 2.24) is 29.4 Å². The van der Waals surface area contributed by atoms with Crippen LogP contribution in [0.4, 0.5) is 4.39 Å². The Morgan fingerprint density at radius 3 is 2.54 bits per heavy atom. The van der Waals surface area contributed by atoms with Crippen molar-refractivity contribution in [3.8, 4) is 22.4 Å². The van der Waals surface area contributed by atoms with Crippen molar-refractivity contribution in [2.45, 2.75) is 6.54 Å². The molecule has 37 heavy (non-hydrogen) atoms. The Morgan fingerprint density at radius 2 is 1.81 bits per heavy atom. The summed E-state index contributed by atoms with van der Waals surface area (Å²) < 4.78 is 17.1. The first-order valence-corrected chi connectivity index (χ1v) is 12.5. The zero-order valence-corrected chi connectivity index (χ0v) is 20.7. The van der Waals surface area contributed by atoms with Gasteiger partial charge in [-0.2, -0.15) is 5.10 Å². The first kappa shape index (κ1) is 23.4. The number of rotatable bonds is 5. The van der Waals surface area contributed by atoms with Crippen LogP contribution in [0.5, 0.6) is 0 Å². The summed E-state index contributed by atoms with van der Waals surface area (Å²) in [5, 5.41) is 6.92. The largest absolute Gasteiger partial charge is 0.336 e. The van der Waals surface area contributed by atoms with E-state index in [2.05, 4.69) is 37.8 Å². The number of aromatic nitrogens is 4. The summed E-state index contributed by atoms with van der Waals surface area (Å²) >= 11 is 6.03. The van der Waals surface area contributed by atoms with Gasteiger partial charge >= 0.3 is 0 Å². The second kappa shape index (κ2) is 9.80. The smallest absolute Gasteiger partial charge is 0.257 e. The molecule has 0 spiro atoms. The maximum Gasteiger partial charge on any atom is 0.257 e. The van der Waals surface area contributed by atoms with Crippen molar-refractivity contribution in [2.75, 3.05) is 26.2 Å². The molecule has 7 nitrogen and oxygen atoms in total. The highest BCUT2D eigenvalue weighted by Gasteiger charge is 2.25. The lowest BCUT2D eigenvalue weighted by atomic mass is 10.1. The molecule has 0 saturated carbocycles. The van der Waals surface area contributed by atoms with Crippen LogP contribution in [0.2, 0.25) is 5.02 Å². The number of halogens is 2. The molecule has 3 aromatic heterocycles. The highest BCUT2D eigenvalue weighted by atomic mass is 35.5. The molecule has 6 rings (SSSR count). The van der Waals surface area contributed by atoms with Gasteiger partial charge in [0.2, 0.25) is 0 Å². The maximum absolute atomic E-state index is 15.0. The number of nitrogens with one attached hydrogen (secondary N) is 1. The topological polar surface area (TPSA) is 69.5 Å². The highest BCUT2D eigenvalue weighted by molar-refractivity contribution is 6.30. The van der Waals surface area contributed by atoms with Crippen LogP contribution >= 0.6 is 11.6 Å². The van der Waals surface area contributed by atoms with Gasteiger partial charge in [0, 0.05) is 55.7 Å². The van der Waals surface area contributed by atoms with Gasteiger partial charge in [0.25, 0.3) is 5.91 Å². The SMILES string of the molecule is O=C(c1cn[nH]c1)N1CCN(Cc2c(-c3ccc(Cl)cc3F)nc3ccc(-c4ccccc4)cn23)CC1. The third-order valence-electron chi connectivity index (χ3n) is 6.79. The molecule has 5 aromatic rings. The van der Waals surface area contributed by atoms with Gasteiger partial charge in [0.1, 0.15) is 11.5 Å². The van der Waals surface area contributed by atoms with Gasteiger partial charge in [-0.25, -0.2) is 9.37 Å². The molecule has 1 saturated heterocycles. The molecule has 4 heterocycles. The number of H-pyrrole nitrogens is 1. The summed E-state index contributed by atoms with van der Waals surface area (Å²) in [6.45, 7) is 3.14. The van der Waals surface area contributed by atoms with Gasteiger partial charge in [-0.1, -0.05) is 41.9 Å². The Balaban J connectivity index is 1.34. The Labute approximate surface area is 218 Å². The average molecular weight is 515 g/mol. The number of piperazine rings is 1. The zero-order chi connectivity index (χ0) is 25.4. The average Bonchev–Trinajstić information content (AvgIpc) is 3.58. The minimum atomic E-state index is -0.407. The predicted octanol–water partition coefficient (Wildman–Crippen LogP) is 5.14. The van der Waals surface area contributed by atoms with Gasteiger partial charge in [-0.15, -0.1) is 0 Å². The molecule has 2 aromatic carbocycles. The van der Waals surface area contributed by atoms with Crippen LogP contribution < -0.4 is 0 Å². The van der Waals surface area contributed by atoms with E-state index in [4.69, 9.17) is 16.6 Å². The minimum absolute atomic E-state index is 0.0281. The summed E-state index contributed by atoms with van der Waals surface area (Å²) in [5.41, 5.74) is 5.34. The van der Waals surface area contributed by atoms with E-state index >= 15 is 4.39 Å². The molecule has 186 valence electrons. The Morgan fingerprint density at radius 1 is 1.00 bits per heavy atom. The minimum Gasteiger partial charge on any atom is -0.336 e. The van der Waals surface area contributed by atoms with Crippen LogP contribution in [0.15, 0.2) is 79.3 Å². The number of benzene rings is 2. The molecular weight excluding hydrogens is 491 g/mol. The van der Waals surface area contributed by atoms with E-state index in [1.807, 2.05) is 35.2 Å². The third kappa shape index (κ3) is 4.61. The molecule has 1 aliphatic rings. The Hall–Kier alpha value is -4.01. The number of hydrogen-bond donors (Lipinski definition) is 1. The molecule has 1 N–H and O–H groups in total. The number of carbonyl (C=O) groups excluding carboxylic acids is 1. The van der Waals surface area contributed by atoms with Crippen LogP contribution in [0, 0.1) is 5.82 Å². The lowest BCUT2D eigenvalue weighted by Crippen LogP contribution is -2.48. The van der Waals surface area contributed by atoms with E-state index in [1.165, 1.54) is 6.07 Å². The van der Waals surface area contributed by atoms with Crippen molar-refractivity contribution in [1.29, 1.82) is 0 Å². The van der Waals surface area contributed by atoms with Gasteiger partial charge in [-0.05, 0) is 41.5 Å². The van der Waals surface area contributed by atoms with Crippen molar-refractivity contribution in [3.05, 3.63) is 101 Å². The van der Waals surface area contributed by atoms with E-state index in [0.29, 0.717) is 54.6 Å². The zero-order valence-electron chi connectivity index (χ0n) is 19.9. The fraction of sp³-hybridized carbons (Fsp3) is 0.179. The van der Waals surface area contributed by atoms with Gasteiger partial charge < -0.3 is 9.30 Å². The summed E-state index contributed by atoms with van der Waals surface area (Å²) in [6, 6.07) is 18.8. The Kier molecular flexibility index (Phi) is 6.20. The van der Waals surface area contributed by atoms with Gasteiger partial charge in [0.15, 0.2) is 0 Å². The number of aromatic amines is 1. The predicted molar refractivity (Wildman–Crippen MR) is 141 cm³/mol. The molecule has 0 radical (unpaired) electrons. The van der Waals surface area contributed by atoms with Crippen LogP contribution in [-0.4, -0.2) is 61.5 Å². The van der Waals surface area contributed by atoms with E-state index in [0.717, 1.165) is 22.5 Å². The summed E-state index contributed by atoms with van der Waals surface area (Å²) in [6.07, 6.45) is 5.22. The fourth-order valence-electron chi connectivity index (χ4n) is 4.81. The van der Waals surface area contributed by atoms with Crippen LogP contribution in [-0.2, 0) is 6.54 Å². The highest BCUT2D eigenvalue weighted by Crippen LogP contribution is 2.31. The summed E-state index contributed by atoms with van der Waals surface area (Å²) in [4.78, 5) is 21.7. The van der Waals surface area contributed by atoms with Crippen molar-refractivity contribution < 1.29 is 9.18 Å². The molecule has 9 heteroatoms. The molecule has 1 amide bonds. The third-order valence-corrected chi connectivity index (χ3v) is 7.02. The maximum atomic E-state index is 15.0. The number of fused-ring (bicyclic) bond motifs is 1. The number of amides is 1. The summed E-state index contributed by atoms with van der Waals surface area (Å²) in [7, 11) is 0. The van der Waals surface area contributed by atoms with E-state index in [1.54, 1.807) is 24.5 Å². The molecule has 1 aliphatic heterocycles. The molecule has 0 unspecified atom stereocenters. The van der Waals surface area contributed by atoms with Gasteiger partial charge in [-0.3, -0.25) is 14.8 Å². The number of carbonyl (C=O) groups is 1. The van der Waals surface area contributed by atoms with Crippen LogP contribution in [0.3, 0.4) is 0 Å². The number of imidazole rings is 1. The second-order valence-electron chi connectivity index (χ2n) is 9.10. The standard InChI is InChI=1S/C28H24ClFN6O/c29-22-7-8-23(24(30)14-22)27-25(18-34-10-12-35(13-11-34)28(37)21-15-31-32-16-21)36-17-20(6-9-26(36)33-27)19-4-2-1-3-5-19/h1-9,14-17H,10-13,18H2,(H,31,32). The first-order valence-electron chi connectivity index (χ1n) is 12.1. The molecule has 1 fully saturated rings. The number of hydrogen-bond acceptors (Lipinski definition) is 4. The van der Waals surface area contributed by atoms with Crippen molar-refractivity contribution >= 4 is 23.2 Å². The van der Waals surface area contributed by atoms with Crippen LogP contribution in [0.25, 0.3) is 28.0 Å². The van der Waals surface area contributed by atoms with E-state index in [9.17, 15) is 4.79 Å².